The van der Waals surface area contributed by atoms with Crippen LogP contribution in [0.5, 0.6) is 0 Å². The number of aromatic nitrogens is 1. The van der Waals surface area contributed by atoms with Gasteiger partial charge in [0.25, 0.3) is 11.8 Å². The topological polar surface area (TPSA) is 87.9 Å². The van der Waals surface area contributed by atoms with E-state index < -0.39 is 29.5 Å². The van der Waals surface area contributed by atoms with Crippen molar-refractivity contribution in [3.63, 3.8) is 0 Å². The van der Waals surface area contributed by atoms with Crippen molar-refractivity contribution in [2.75, 3.05) is 33.8 Å². The molecular weight excluding hydrogens is 422 g/mol. The van der Waals surface area contributed by atoms with Gasteiger partial charge in [-0.25, -0.2) is 13.8 Å². The van der Waals surface area contributed by atoms with Crippen molar-refractivity contribution >= 4 is 11.8 Å². The summed E-state index contributed by atoms with van der Waals surface area (Å²) < 4.78 is 32.3. The normalized spacial score (nSPS) is 21.4. The summed E-state index contributed by atoms with van der Waals surface area (Å²) >= 11 is 0. The Bertz CT molecular complexity index is 994. The predicted octanol–water partition coefficient (Wildman–Crippen LogP) is 2.47. The van der Waals surface area contributed by atoms with Crippen LogP contribution in [0.3, 0.4) is 0 Å². The highest BCUT2D eigenvalue weighted by molar-refractivity contribution is 5.93. The molecule has 0 bridgehead atoms. The Hall–Kier alpha value is -2.85. The second-order valence-electron chi connectivity index (χ2n) is 8.40. The Labute approximate surface area is 184 Å². The van der Waals surface area contributed by atoms with Gasteiger partial charge in [0.2, 0.25) is 0 Å². The molecule has 0 unspecified atom stereocenters. The summed E-state index contributed by atoms with van der Waals surface area (Å²) in [4.78, 5) is 33.0. The number of nitrogens with zero attached hydrogens (tertiary/aromatic N) is 3. The van der Waals surface area contributed by atoms with E-state index in [-0.39, 0.29) is 22.9 Å². The Balaban J connectivity index is 1.46. The number of benzene rings is 1. The Morgan fingerprint density at radius 1 is 1.28 bits per heavy atom. The van der Waals surface area contributed by atoms with Crippen molar-refractivity contribution in [3.05, 3.63) is 41.6 Å². The highest BCUT2D eigenvalue weighted by Gasteiger charge is 2.39. The van der Waals surface area contributed by atoms with E-state index in [4.69, 9.17) is 9.36 Å². The van der Waals surface area contributed by atoms with Gasteiger partial charge in [0.15, 0.2) is 11.5 Å². The van der Waals surface area contributed by atoms with Gasteiger partial charge in [-0.3, -0.25) is 14.4 Å². The van der Waals surface area contributed by atoms with Gasteiger partial charge in [0.05, 0.1) is 18.6 Å². The maximum atomic E-state index is 14.0. The Morgan fingerprint density at radius 3 is 2.75 bits per heavy atom. The molecule has 172 valence electrons. The lowest BCUT2D eigenvalue weighted by Gasteiger charge is -2.39. The fourth-order valence-corrected chi connectivity index (χ4v) is 4.04. The average Bonchev–Trinajstić information content (AvgIpc) is 3.45. The number of hydrogen-bond acceptors (Lipinski definition) is 6. The van der Waals surface area contributed by atoms with E-state index in [1.54, 1.807) is 7.05 Å². The molecule has 2 atom stereocenters. The molecule has 2 amide bonds. The predicted molar refractivity (Wildman–Crippen MR) is 110 cm³/mol. The molecule has 1 aromatic carbocycles. The van der Waals surface area contributed by atoms with Crippen LogP contribution in [-0.2, 0) is 9.63 Å². The number of halogens is 2. The molecule has 2 aromatic rings. The van der Waals surface area contributed by atoms with E-state index in [1.165, 1.54) is 37.1 Å². The van der Waals surface area contributed by atoms with Gasteiger partial charge in [-0.05, 0) is 37.3 Å². The quantitative estimate of drug-likeness (QED) is 0.655. The zero-order valence-electron chi connectivity index (χ0n) is 18.0. The third kappa shape index (κ3) is 4.97. The highest BCUT2D eigenvalue weighted by Crippen LogP contribution is 2.32. The van der Waals surface area contributed by atoms with E-state index in [1.807, 2.05) is 0 Å². The molecule has 1 aliphatic heterocycles. The second kappa shape index (κ2) is 9.33. The van der Waals surface area contributed by atoms with Crippen molar-refractivity contribution in [1.82, 2.24) is 20.4 Å². The SMILES string of the molecule is CON(C)C(=O)[C@@H]1CN(CC2CC2)CC[C@H]1NC(=O)c1cc(-c2ccc(F)cc2F)on1. The Kier molecular flexibility index (Phi) is 6.52. The van der Waals surface area contributed by atoms with Gasteiger partial charge in [-0.15, -0.1) is 0 Å². The smallest absolute Gasteiger partial charge is 0.273 e. The van der Waals surface area contributed by atoms with Gasteiger partial charge in [-0.2, -0.15) is 0 Å². The lowest BCUT2D eigenvalue weighted by atomic mass is 9.90. The van der Waals surface area contributed by atoms with Gasteiger partial charge in [0.1, 0.15) is 11.6 Å². The number of nitrogens with one attached hydrogen (secondary N) is 1. The van der Waals surface area contributed by atoms with Crippen LogP contribution in [0.15, 0.2) is 28.8 Å². The third-order valence-electron chi connectivity index (χ3n) is 6.07. The molecular formula is C22H26F2N4O4. The molecule has 4 rings (SSSR count). The standard InChI is InChI=1S/C22H26F2N4O4/c1-27(31-2)22(30)16-12-28(11-13-3-4-13)8-7-18(16)25-21(29)19-10-20(32-26-19)15-6-5-14(23)9-17(15)24/h5-6,9-10,13,16,18H,3-4,7-8,11-12H2,1-2H3,(H,25,29)/t16-,18-/m1/s1. The number of rotatable bonds is 7. The van der Waals surface area contributed by atoms with Gasteiger partial charge in [-0.1, -0.05) is 5.16 Å². The van der Waals surface area contributed by atoms with E-state index >= 15 is 0 Å². The summed E-state index contributed by atoms with van der Waals surface area (Å²) in [5.41, 5.74) is -0.0449. The minimum absolute atomic E-state index is 0.00103. The zero-order chi connectivity index (χ0) is 22.8. The van der Waals surface area contributed by atoms with E-state index in [0.29, 0.717) is 18.9 Å². The van der Waals surface area contributed by atoms with Crippen molar-refractivity contribution in [3.8, 4) is 11.3 Å². The number of hydroxylamine groups is 2. The first-order valence-corrected chi connectivity index (χ1v) is 10.6. The molecule has 8 nitrogen and oxygen atoms in total. The van der Waals surface area contributed by atoms with E-state index in [0.717, 1.165) is 25.2 Å². The van der Waals surface area contributed by atoms with E-state index in [9.17, 15) is 18.4 Å². The van der Waals surface area contributed by atoms with Crippen LogP contribution in [0, 0.1) is 23.5 Å². The van der Waals surface area contributed by atoms with E-state index in [2.05, 4.69) is 15.4 Å². The van der Waals surface area contributed by atoms with Crippen LogP contribution in [0.2, 0.25) is 0 Å². The van der Waals surface area contributed by atoms with Gasteiger partial charge < -0.3 is 14.7 Å². The summed E-state index contributed by atoms with van der Waals surface area (Å²) in [5, 5.41) is 7.78. The summed E-state index contributed by atoms with van der Waals surface area (Å²) in [6.45, 7) is 2.25. The minimum atomic E-state index is -0.815. The fourth-order valence-electron chi connectivity index (χ4n) is 4.04. The van der Waals surface area contributed by atoms with Gasteiger partial charge >= 0.3 is 0 Å². The van der Waals surface area contributed by atoms with Gasteiger partial charge in [0, 0.05) is 44.9 Å². The number of likely N-dealkylation sites (tertiary alicyclic amines) is 1. The van der Waals surface area contributed by atoms with Crippen molar-refractivity contribution in [2.45, 2.75) is 25.3 Å². The van der Waals surface area contributed by atoms with Crippen molar-refractivity contribution < 1.29 is 27.7 Å². The molecule has 0 spiro atoms. The highest BCUT2D eigenvalue weighted by atomic mass is 19.1. The van der Waals surface area contributed by atoms with Crippen LogP contribution in [0.1, 0.15) is 29.8 Å². The average molecular weight is 448 g/mol. The molecule has 1 saturated heterocycles. The second-order valence-corrected chi connectivity index (χ2v) is 8.40. The van der Waals surface area contributed by atoms with Crippen LogP contribution >= 0.6 is 0 Å². The summed E-state index contributed by atoms with van der Waals surface area (Å²) in [5.74, 6) is -2.04. The molecule has 2 fully saturated rings. The molecule has 1 N–H and O–H groups in total. The monoisotopic (exact) mass is 448 g/mol. The molecule has 1 aliphatic carbocycles. The lowest BCUT2D eigenvalue weighted by molar-refractivity contribution is -0.176. The number of carbonyl (C=O) groups is 2. The summed E-state index contributed by atoms with van der Waals surface area (Å²) in [6.07, 6.45) is 3.04. The molecule has 1 saturated carbocycles. The summed E-state index contributed by atoms with van der Waals surface area (Å²) in [7, 11) is 2.96. The van der Waals surface area contributed by atoms with Crippen molar-refractivity contribution in [1.29, 1.82) is 0 Å². The molecule has 2 aliphatic rings. The zero-order valence-corrected chi connectivity index (χ0v) is 18.0. The maximum absolute atomic E-state index is 14.0. The lowest BCUT2D eigenvalue weighted by Crippen LogP contribution is -2.56. The van der Waals surface area contributed by atoms with Crippen molar-refractivity contribution in [2.24, 2.45) is 11.8 Å². The molecule has 10 heteroatoms. The maximum Gasteiger partial charge on any atom is 0.273 e. The molecule has 0 radical (unpaired) electrons. The van der Waals surface area contributed by atoms with Crippen LogP contribution in [-0.4, -0.2) is 66.8 Å². The Morgan fingerprint density at radius 2 is 2.06 bits per heavy atom. The molecule has 2 heterocycles. The first kappa shape index (κ1) is 22.3. The number of hydrogen-bond donors (Lipinski definition) is 1. The van der Waals surface area contributed by atoms with Crippen LogP contribution < -0.4 is 5.32 Å². The van der Waals surface area contributed by atoms with Crippen LogP contribution in [0.25, 0.3) is 11.3 Å². The summed E-state index contributed by atoms with van der Waals surface area (Å²) in [6, 6.07) is 3.93. The first-order chi connectivity index (χ1) is 15.4. The molecule has 1 aromatic heterocycles. The van der Waals surface area contributed by atoms with Crippen LogP contribution in [0.4, 0.5) is 8.78 Å². The largest absolute Gasteiger partial charge is 0.355 e. The number of piperidine rings is 1. The number of carbonyl (C=O) groups excluding carboxylic acids is 2. The number of amides is 2. The minimum Gasteiger partial charge on any atom is -0.355 e. The molecule has 32 heavy (non-hydrogen) atoms. The fraction of sp³-hybridized carbons (Fsp3) is 0.500. The third-order valence-corrected chi connectivity index (χ3v) is 6.07. The first-order valence-electron chi connectivity index (χ1n) is 10.6.